The maximum atomic E-state index is 12.6. The number of hydrogen-bond donors (Lipinski definition) is 3. The molecule has 4 rings (SSSR count). The predicted molar refractivity (Wildman–Crippen MR) is 208 cm³/mol. The van der Waals surface area contributed by atoms with E-state index in [1.165, 1.54) is 14.2 Å². The van der Waals surface area contributed by atoms with Gasteiger partial charge in [0.1, 0.15) is 30.4 Å². The van der Waals surface area contributed by atoms with Gasteiger partial charge in [0.25, 0.3) is 0 Å². The maximum absolute atomic E-state index is 12.6. The van der Waals surface area contributed by atoms with Gasteiger partial charge < -0.3 is 34.9 Å². The molecule has 10 heteroatoms. The minimum Gasteiger partial charge on any atom is -0.496 e. The van der Waals surface area contributed by atoms with Crippen molar-refractivity contribution in [1.82, 2.24) is 16.0 Å². The summed E-state index contributed by atoms with van der Waals surface area (Å²) in [4.78, 5) is 37.5. The number of carbonyl (C=O) groups is 3. The van der Waals surface area contributed by atoms with Crippen LogP contribution in [0, 0.1) is 5.41 Å². The Morgan fingerprint density at radius 2 is 1.35 bits per heavy atom. The molecule has 0 spiro atoms. The van der Waals surface area contributed by atoms with Crippen LogP contribution in [0.25, 0.3) is 11.1 Å². The number of amides is 3. The van der Waals surface area contributed by atoms with Gasteiger partial charge in [-0.2, -0.15) is 0 Å². The molecule has 0 bridgehead atoms. The molecule has 10 nitrogen and oxygen atoms in total. The second kappa shape index (κ2) is 22.3. The van der Waals surface area contributed by atoms with Gasteiger partial charge >= 0.3 is 6.09 Å². The lowest BCUT2D eigenvalue weighted by Gasteiger charge is -2.30. The first-order chi connectivity index (χ1) is 25.0. The molecule has 1 aliphatic rings. The predicted octanol–water partition coefficient (Wildman–Crippen LogP) is 8.40. The third kappa shape index (κ3) is 12.5. The van der Waals surface area contributed by atoms with Crippen molar-refractivity contribution in [2.75, 3.05) is 34.0 Å². The molecule has 1 atom stereocenters. The van der Waals surface area contributed by atoms with Crippen LogP contribution >= 0.6 is 0 Å². The molecule has 3 aromatic carbocycles. The van der Waals surface area contributed by atoms with Gasteiger partial charge in [-0.05, 0) is 46.9 Å². The Labute approximate surface area is 311 Å². The molecule has 286 valence electrons. The Kier molecular flexibility index (Phi) is 18.6. The molecule has 0 radical (unpaired) electrons. The summed E-state index contributed by atoms with van der Waals surface area (Å²) >= 11 is 0. The zero-order valence-electron chi connectivity index (χ0n) is 32.9. The number of methoxy groups -OCH3 is 2. The van der Waals surface area contributed by atoms with Gasteiger partial charge in [0.15, 0.2) is 0 Å². The zero-order valence-corrected chi connectivity index (χ0v) is 32.9. The molecular formula is C42H61N3O7. The van der Waals surface area contributed by atoms with Gasteiger partial charge in [-0.15, -0.1) is 0 Å². The Balaban J connectivity index is 0.00000226. The molecule has 0 unspecified atom stereocenters. The second-order valence-electron chi connectivity index (χ2n) is 13.0. The van der Waals surface area contributed by atoms with Crippen LogP contribution in [-0.4, -0.2) is 57.9 Å². The van der Waals surface area contributed by atoms with Crippen LogP contribution in [-0.2, 0) is 20.9 Å². The average Bonchev–Trinajstić information content (AvgIpc) is 3.48. The highest BCUT2D eigenvalue weighted by Crippen LogP contribution is 2.44. The molecule has 0 saturated heterocycles. The summed E-state index contributed by atoms with van der Waals surface area (Å²) in [6, 6.07) is 19.8. The molecule has 3 aromatic rings. The lowest BCUT2D eigenvalue weighted by Crippen LogP contribution is -2.43. The number of carbonyl (C=O) groups excluding carboxylic acids is 3. The number of fused-ring (bicyclic) bond motifs is 3. The molecular weight excluding hydrogens is 658 g/mol. The lowest BCUT2D eigenvalue weighted by molar-refractivity contribution is -0.123. The van der Waals surface area contributed by atoms with Crippen molar-refractivity contribution in [1.29, 1.82) is 0 Å². The van der Waals surface area contributed by atoms with Crippen LogP contribution < -0.4 is 30.2 Å². The standard InChI is InChI=1S/C38H49N3O7.2C2H6/c1-7-34(38(2,3)4)41-35(42)18-12-13-19-47-25-20-32(45-5)30(33(21-25)46-6)22-39-36(43)23-40-37(44)48-24-31-28-16-10-8-14-26(28)27-15-9-11-17-29(27)31;2*1-2/h8-11,14-17,20-21,31,34H,7,12-13,18-19,22-24H2,1-6H3,(H,39,43)(H,40,44)(H,41,42);2*1-2H3/t34-;;/m0../s1. The highest BCUT2D eigenvalue weighted by molar-refractivity contribution is 5.82. The van der Waals surface area contributed by atoms with Gasteiger partial charge in [0, 0.05) is 30.5 Å². The van der Waals surface area contributed by atoms with E-state index in [1.54, 1.807) is 12.1 Å². The maximum Gasteiger partial charge on any atom is 0.407 e. The monoisotopic (exact) mass is 719 g/mol. The van der Waals surface area contributed by atoms with Gasteiger partial charge in [0.05, 0.1) is 32.9 Å². The zero-order chi connectivity index (χ0) is 38.7. The van der Waals surface area contributed by atoms with Gasteiger partial charge in [-0.1, -0.05) is 104 Å². The number of unbranched alkanes of at least 4 members (excludes halogenated alkanes) is 1. The minimum absolute atomic E-state index is 0.0166. The van der Waals surface area contributed by atoms with E-state index in [1.807, 2.05) is 52.0 Å². The second-order valence-corrected chi connectivity index (χ2v) is 13.0. The molecule has 0 saturated carbocycles. The Bertz CT molecular complexity index is 1500. The number of alkyl carbamates (subject to hydrolysis) is 1. The van der Waals surface area contributed by atoms with E-state index < -0.39 is 12.0 Å². The Hall–Kier alpha value is -4.73. The molecule has 3 amide bonds. The van der Waals surface area contributed by atoms with Crippen molar-refractivity contribution in [3.63, 3.8) is 0 Å². The van der Waals surface area contributed by atoms with Crippen LogP contribution in [0.15, 0.2) is 60.7 Å². The summed E-state index contributed by atoms with van der Waals surface area (Å²) in [5.74, 6) is 1.12. The number of nitrogens with one attached hydrogen (secondary N) is 3. The highest BCUT2D eigenvalue weighted by Gasteiger charge is 2.29. The van der Waals surface area contributed by atoms with E-state index in [2.05, 4.69) is 67.9 Å². The fraction of sp³-hybridized carbons (Fsp3) is 0.500. The fourth-order valence-electron chi connectivity index (χ4n) is 6.04. The van der Waals surface area contributed by atoms with Crippen LogP contribution in [0.2, 0.25) is 0 Å². The largest absolute Gasteiger partial charge is 0.496 e. The molecule has 1 aliphatic carbocycles. The van der Waals surface area contributed by atoms with Gasteiger partial charge in [-0.25, -0.2) is 4.79 Å². The molecule has 3 N–H and O–H groups in total. The number of rotatable bonds is 16. The first-order valence-corrected chi connectivity index (χ1v) is 18.6. The molecule has 0 heterocycles. The lowest BCUT2D eigenvalue weighted by atomic mass is 9.85. The van der Waals surface area contributed by atoms with Crippen LogP contribution in [0.4, 0.5) is 4.79 Å². The van der Waals surface area contributed by atoms with E-state index in [4.69, 9.17) is 18.9 Å². The molecule has 52 heavy (non-hydrogen) atoms. The van der Waals surface area contributed by atoms with Gasteiger partial charge in [0.2, 0.25) is 11.8 Å². The van der Waals surface area contributed by atoms with Crippen LogP contribution in [0.5, 0.6) is 17.2 Å². The summed E-state index contributed by atoms with van der Waals surface area (Å²) in [6.45, 7) is 16.9. The van der Waals surface area contributed by atoms with E-state index >= 15 is 0 Å². The summed E-state index contributed by atoms with van der Waals surface area (Å²) in [6.07, 6.45) is 2.07. The summed E-state index contributed by atoms with van der Waals surface area (Å²) in [5.41, 5.74) is 5.16. The van der Waals surface area contributed by atoms with Gasteiger partial charge in [-0.3, -0.25) is 9.59 Å². The van der Waals surface area contributed by atoms with Crippen molar-refractivity contribution in [3.05, 3.63) is 77.4 Å². The smallest absolute Gasteiger partial charge is 0.407 e. The normalized spacial score (nSPS) is 12.0. The molecule has 0 aromatic heterocycles. The minimum atomic E-state index is -0.667. The average molecular weight is 720 g/mol. The van der Waals surface area contributed by atoms with Crippen molar-refractivity contribution in [2.45, 2.75) is 99.6 Å². The van der Waals surface area contributed by atoms with Crippen LogP contribution in [0.3, 0.4) is 0 Å². The summed E-state index contributed by atoms with van der Waals surface area (Å²) in [5, 5.41) is 8.47. The third-order valence-corrected chi connectivity index (χ3v) is 8.64. The topological polar surface area (TPSA) is 124 Å². The molecule has 0 aliphatic heterocycles. The van der Waals surface area contributed by atoms with Crippen molar-refractivity contribution < 1.29 is 33.3 Å². The first-order valence-electron chi connectivity index (χ1n) is 18.6. The SMILES string of the molecule is CC.CC.CC[C@H](NC(=O)CCCCOc1cc(OC)c(CNC(=O)CNC(=O)OCC2c3ccccc3-c3ccccc32)c(OC)c1)C(C)(C)C. The van der Waals surface area contributed by atoms with E-state index in [-0.39, 0.29) is 43.0 Å². The fourth-order valence-corrected chi connectivity index (χ4v) is 6.04. The third-order valence-electron chi connectivity index (χ3n) is 8.64. The number of hydrogen-bond acceptors (Lipinski definition) is 7. The van der Waals surface area contributed by atoms with E-state index in [9.17, 15) is 14.4 Å². The molecule has 0 fully saturated rings. The quantitative estimate of drug-likeness (QED) is 0.127. The van der Waals surface area contributed by atoms with Crippen LogP contribution in [0.1, 0.15) is 104 Å². The number of benzene rings is 3. The van der Waals surface area contributed by atoms with E-state index in [0.29, 0.717) is 48.7 Å². The summed E-state index contributed by atoms with van der Waals surface area (Å²) < 4.78 is 22.6. The highest BCUT2D eigenvalue weighted by atomic mass is 16.5. The first kappa shape index (κ1) is 43.4. The van der Waals surface area contributed by atoms with E-state index in [0.717, 1.165) is 28.7 Å². The van der Waals surface area contributed by atoms with Crippen molar-refractivity contribution >= 4 is 17.9 Å². The van der Waals surface area contributed by atoms with Crippen molar-refractivity contribution in [3.8, 4) is 28.4 Å². The van der Waals surface area contributed by atoms with Crippen molar-refractivity contribution in [2.24, 2.45) is 5.41 Å². The Morgan fingerprint density at radius 3 is 1.87 bits per heavy atom. The summed E-state index contributed by atoms with van der Waals surface area (Å²) in [7, 11) is 3.06. The Morgan fingerprint density at radius 1 is 0.788 bits per heavy atom. The number of ether oxygens (including phenoxy) is 4.